The van der Waals surface area contributed by atoms with Crippen LogP contribution >= 0.6 is 0 Å². The topological polar surface area (TPSA) is 80.5 Å². The van der Waals surface area contributed by atoms with Crippen LogP contribution in [0, 0.1) is 6.92 Å². The van der Waals surface area contributed by atoms with E-state index in [0.29, 0.717) is 5.92 Å². The molecule has 1 saturated carbocycles. The van der Waals surface area contributed by atoms with Crippen molar-refractivity contribution in [3.05, 3.63) is 76.5 Å². The highest BCUT2D eigenvalue weighted by Gasteiger charge is 2.29. The Bertz CT molecular complexity index is 1600. The maximum atomic E-state index is 4.96. The van der Waals surface area contributed by atoms with E-state index in [0.717, 1.165) is 60.9 Å². The van der Waals surface area contributed by atoms with E-state index in [2.05, 4.69) is 70.0 Å². The predicted molar refractivity (Wildman–Crippen MR) is 144 cm³/mol. The molecule has 8 nitrogen and oxygen atoms in total. The molecule has 0 atom stereocenters. The van der Waals surface area contributed by atoms with Crippen molar-refractivity contribution in [2.24, 2.45) is 7.05 Å². The molecule has 4 heterocycles. The molecule has 1 N–H and O–H groups in total. The average molecular weight is 493 g/mol. The van der Waals surface area contributed by atoms with E-state index in [1.165, 1.54) is 46.3 Å². The van der Waals surface area contributed by atoms with Crippen molar-refractivity contribution in [1.82, 2.24) is 39.6 Å². The molecule has 0 spiro atoms. The highest BCUT2D eigenvalue weighted by molar-refractivity contribution is 5.84. The van der Waals surface area contributed by atoms with Crippen LogP contribution in [0.1, 0.15) is 59.6 Å². The van der Waals surface area contributed by atoms with Crippen LogP contribution in [0.2, 0.25) is 0 Å². The van der Waals surface area contributed by atoms with Gasteiger partial charge in [0.25, 0.3) is 0 Å². The monoisotopic (exact) mass is 492 g/mol. The number of aromatic nitrogens is 7. The second-order valence-corrected chi connectivity index (χ2v) is 10.5. The highest BCUT2D eigenvalue weighted by atomic mass is 15.3. The lowest BCUT2D eigenvalue weighted by atomic mass is 9.97. The molecule has 5 aromatic rings. The van der Waals surface area contributed by atoms with Crippen LogP contribution in [0.15, 0.2) is 42.6 Å². The van der Waals surface area contributed by atoms with Gasteiger partial charge in [-0.1, -0.05) is 13.0 Å². The van der Waals surface area contributed by atoms with Gasteiger partial charge in [0, 0.05) is 43.2 Å². The molecule has 0 bridgehead atoms. The minimum atomic E-state index is 0.637. The van der Waals surface area contributed by atoms with E-state index in [4.69, 9.17) is 15.2 Å². The Labute approximate surface area is 216 Å². The van der Waals surface area contributed by atoms with Gasteiger partial charge in [-0.3, -0.25) is 14.7 Å². The maximum Gasteiger partial charge on any atom is 0.181 e. The third-order valence-electron chi connectivity index (χ3n) is 8.14. The lowest BCUT2D eigenvalue weighted by molar-refractivity contribution is 0.264. The van der Waals surface area contributed by atoms with E-state index >= 15 is 0 Å². The lowest BCUT2D eigenvalue weighted by Gasteiger charge is -2.24. The number of aryl methyl sites for hydroxylation is 1. The van der Waals surface area contributed by atoms with Crippen LogP contribution in [0.4, 0.5) is 0 Å². The second kappa shape index (κ2) is 8.66. The van der Waals surface area contributed by atoms with Gasteiger partial charge < -0.3 is 0 Å². The summed E-state index contributed by atoms with van der Waals surface area (Å²) in [6.07, 6.45) is 6.31. The molecule has 188 valence electrons. The number of hydrogen-bond acceptors (Lipinski definition) is 5. The van der Waals surface area contributed by atoms with Gasteiger partial charge >= 0.3 is 0 Å². The summed E-state index contributed by atoms with van der Waals surface area (Å²) in [5.74, 6) is 2.37. The molecule has 1 fully saturated rings. The Balaban J connectivity index is 1.16. The number of aromatic amines is 1. The summed E-state index contributed by atoms with van der Waals surface area (Å²) in [5, 5.41) is 18.4. The van der Waals surface area contributed by atoms with E-state index < -0.39 is 0 Å². The van der Waals surface area contributed by atoms with Crippen molar-refractivity contribution in [2.45, 2.75) is 52.0 Å². The Hall–Kier alpha value is -3.78. The van der Waals surface area contributed by atoms with Gasteiger partial charge in [0.2, 0.25) is 0 Å². The van der Waals surface area contributed by atoms with Gasteiger partial charge in [0.1, 0.15) is 5.82 Å². The molecule has 1 aliphatic carbocycles. The third kappa shape index (κ3) is 3.87. The summed E-state index contributed by atoms with van der Waals surface area (Å²) in [5.41, 5.74) is 9.84. The van der Waals surface area contributed by atoms with Gasteiger partial charge in [0.15, 0.2) is 5.82 Å². The largest absolute Gasteiger partial charge is 0.297 e. The number of fused-ring (bicyclic) bond motifs is 2. The zero-order valence-corrected chi connectivity index (χ0v) is 21.7. The fraction of sp³-hybridized carbons (Fsp3) is 0.379. The van der Waals surface area contributed by atoms with E-state index in [1.54, 1.807) is 0 Å². The number of rotatable bonds is 6. The highest BCUT2D eigenvalue weighted by Crippen LogP contribution is 2.45. The molecule has 1 aliphatic heterocycles. The maximum absolute atomic E-state index is 4.96. The van der Waals surface area contributed by atoms with Gasteiger partial charge in [0.05, 0.1) is 23.1 Å². The molecular weight excluding hydrogens is 460 g/mol. The minimum absolute atomic E-state index is 0.637. The van der Waals surface area contributed by atoms with Gasteiger partial charge in [-0.2, -0.15) is 15.3 Å². The van der Waals surface area contributed by atoms with Gasteiger partial charge in [-0.05, 0) is 85.7 Å². The van der Waals surface area contributed by atoms with Crippen molar-refractivity contribution in [1.29, 1.82) is 0 Å². The van der Waals surface area contributed by atoms with E-state index in [-0.39, 0.29) is 0 Å². The lowest BCUT2D eigenvalue weighted by Crippen LogP contribution is -2.30. The standard InChI is InChI=1S/C29H32N8/c1-4-36-14-13-23-18(2)37(33-26(23)17-36)22-10-7-20(8-11-22)29-31-27(35(3)34-29)15-21-9-12-25-24(16-30-32-25)28(21)19-5-6-19/h7-12,16,19H,4-6,13-15,17H2,1-3H3,(H,30,32). The van der Waals surface area contributed by atoms with Crippen LogP contribution < -0.4 is 0 Å². The SMILES string of the molecule is CCN1CCc2c(nn(-c3ccc(-c4nc(Cc5ccc6[nH]ncc6c5C5CC5)n(C)n4)cc3)c2C)C1. The Kier molecular flexibility index (Phi) is 5.25. The first-order chi connectivity index (χ1) is 18.1. The first-order valence-corrected chi connectivity index (χ1v) is 13.3. The first kappa shape index (κ1) is 22.4. The average Bonchev–Trinajstić information content (AvgIpc) is 3.38. The number of nitrogens with one attached hydrogen (secondary N) is 1. The van der Waals surface area contributed by atoms with Crippen LogP contribution in [0.25, 0.3) is 28.0 Å². The Morgan fingerprint density at radius 1 is 1.05 bits per heavy atom. The summed E-state index contributed by atoms with van der Waals surface area (Å²) in [7, 11) is 1.99. The molecule has 0 saturated heterocycles. The van der Waals surface area contributed by atoms with Crippen LogP contribution in [0.5, 0.6) is 0 Å². The molecule has 37 heavy (non-hydrogen) atoms. The molecule has 2 aromatic carbocycles. The summed E-state index contributed by atoms with van der Waals surface area (Å²) >= 11 is 0. The minimum Gasteiger partial charge on any atom is -0.297 e. The first-order valence-electron chi connectivity index (χ1n) is 13.3. The molecule has 8 heteroatoms. The Morgan fingerprint density at radius 2 is 1.89 bits per heavy atom. The van der Waals surface area contributed by atoms with Crippen LogP contribution in [-0.2, 0) is 26.4 Å². The molecular formula is C29H32N8. The van der Waals surface area contributed by atoms with E-state index in [1.807, 2.05) is 17.9 Å². The summed E-state index contributed by atoms with van der Waals surface area (Å²) in [6, 6.07) is 12.8. The third-order valence-corrected chi connectivity index (χ3v) is 8.14. The quantitative estimate of drug-likeness (QED) is 0.372. The number of nitrogens with zero attached hydrogens (tertiary/aromatic N) is 7. The molecule has 2 aliphatic rings. The fourth-order valence-corrected chi connectivity index (χ4v) is 5.83. The van der Waals surface area contributed by atoms with Crippen LogP contribution in [0.3, 0.4) is 0 Å². The van der Waals surface area contributed by atoms with Gasteiger partial charge in [-0.25, -0.2) is 9.67 Å². The number of hydrogen-bond donors (Lipinski definition) is 1. The second-order valence-electron chi connectivity index (χ2n) is 10.5. The summed E-state index contributed by atoms with van der Waals surface area (Å²) in [4.78, 5) is 7.41. The molecule has 3 aromatic heterocycles. The molecule has 0 amide bonds. The number of likely N-dealkylation sites (N-methyl/N-ethyl adjacent to an activating group) is 1. The smallest absolute Gasteiger partial charge is 0.181 e. The van der Waals surface area contributed by atoms with Crippen LogP contribution in [-0.4, -0.2) is 52.7 Å². The molecule has 0 radical (unpaired) electrons. The zero-order chi connectivity index (χ0) is 25.1. The summed E-state index contributed by atoms with van der Waals surface area (Å²) in [6.45, 7) is 7.52. The zero-order valence-electron chi connectivity index (χ0n) is 21.7. The molecule has 7 rings (SSSR count). The fourth-order valence-electron chi connectivity index (χ4n) is 5.83. The Morgan fingerprint density at radius 3 is 2.68 bits per heavy atom. The van der Waals surface area contributed by atoms with Crippen molar-refractivity contribution in [2.75, 3.05) is 13.1 Å². The number of H-pyrrole nitrogens is 1. The molecule has 0 unspecified atom stereocenters. The van der Waals surface area contributed by atoms with Crippen molar-refractivity contribution >= 4 is 10.9 Å². The van der Waals surface area contributed by atoms with Crippen molar-refractivity contribution in [3.63, 3.8) is 0 Å². The van der Waals surface area contributed by atoms with Gasteiger partial charge in [-0.15, -0.1) is 0 Å². The van der Waals surface area contributed by atoms with Crippen molar-refractivity contribution < 1.29 is 0 Å². The predicted octanol–water partition coefficient (Wildman–Crippen LogP) is 4.70. The number of benzene rings is 2. The summed E-state index contributed by atoms with van der Waals surface area (Å²) < 4.78 is 4.01. The van der Waals surface area contributed by atoms with E-state index in [9.17, 15) is 0 Å². The van der Waals surface area contributed by atoms with Crippen molar-refractivity contribution in [3.8, 4) is 17.1 Å². The normalized spacial score (nSPS) is 16.0.